The average Bonchev–Trinajstić information content (AvgIpc) is 2.15. The lowest BCUT2D eigenvalue weighted by Crippen LogP contribution is -2.41. The van der Waals surface area contributed by atoms with Crippen LogP contribution in [0.25, 0.3) is 0 Å². The number of alkyl halides is 1. The van der Waals surface area contributed by atoms with E-state index in [2.05, 4.69) is 5.32 Å². The largest absolute Gasteiger partial charge is 0.353 e. The molecule has 0 aliphatic carbocycles. The molecule has 0 aliphatic rings. The van der Waals surface area contributed by atoms with Gasteiger partial charge in [-0.05, 0) is 20.4 Å². The van der Waals surface area contributed by atoms with Gasteiger partial charge in [0.1, 0.15) is 5.38 Å². The van der Waals surface area contributed by atoms with Crippen LogP contribution in [-0.4, -0.2) is 41.9 Å². The number of likely N-dealkylation sites (N-methyl/N-ethyl adjacent to an activating group) is 1. The van der Waals surface area contributed by atoms with E-state index in [9.17, 15) is 4.79 Å². The van der Waals surface area contributed by atoms with Crippen molar-refractivity contribution in [3.8, 4) is 6.07 Å². The van der Waals surface area contributed by atoms with Crippen molar-refractivity contribution in [2.24, 2.45) is 0 Å². The van der Waals surface area contributed by atoms with Crippen molar-refractivity contribution in [1.29, 1.82) is 5.26 Å². The summed E-state index contributed by atoms with van der Waals surface area (Å²) in [6.45, 7) is 7.17. The van der Waals surface area contributed by atoms with Crippen molar-refractivity contribution in [3.63, 3.8) is 0 Å². The first-order valence-electron chi connectivity index (χ1n) is 5.05. The predicted molar refractivity (Wildman–Crippen MR) is 60.6 cm³/mol. The molecule has 0 aliphatic heterocycles. The Morgan fingerprint density at radius 2 is 2.20 bits per heavy atom. The Morgan fingerprint density at radius 1 is 1.60 bits per heavy atom. The van der Waals surface area contributed by atoms with Crippen LogP contribution in [0, 0.1) is 11.3 Å². The van der Waals surface area contributed by atoms with Gasteiger partial charge in [0.25, 0.3) is 0 Å². The third-order valence-electron chi connectivity index (χ3n) is 1.82. The van der Waals surface area contributed by atoms with Gasteiger partial charge < -0.3 is 5.32 Å². The van der Waals surface area contributed by atoms with Crippen molar-refractivity contribution in [3.05, 3.63) is 0 Å². The van der Waals surface area contributed by atoms with Crippen LogP contribution >= 0.6 is 11.6 Å². The maximum absolute atomic E-state index is 11.4. The molecule has 0 aromatic carbocycles. The smallest absolute Gasteiger partial charge is 0.234 e. The van der Waals surface area contributed by atoms with Crippen molar-refractivity contribution in [2.75, 3.05) is 19.6 Å². The second kappa shape index (κ2) is 7.49. The molecule has 5 heteroatoms. The van der Waals surface area contributed by atoms with E-state index in [1.807, 2.05) is 31.7 Å². The molecule has 1 unspecified atom stereocenters. The summed E-state index contributed by atoms with van der Waals surface area (Å²) >= 11 is 5.69. The summed E-state index contributed by atoms with van der Waals surface area (Å²) in [6.07, 6.45) is 0. The minimum absolute atomic E-state index is 0.0337. The number of nitrogens with zero attached hydrogens (tertiary/aromatic N) is 2. The zero-order valence-electron chi connectivity index (χ0n) is 9.46. The molecule has 15 heavy (non-hydrogen) atoms. The Hall–Kier alpha value is -0.790. The lowest BCUT2D eigenvalue weighted by Gasteiger charge is -2.20. The van der Waals surface area contributed by atoms with E-state index in [0.717, 1.165) is 0 Å². The second-order valence-electron chi connectivity index (χ2n) is 3.65. The number of nitrogens with one attached hydrogen (secondary N) is 1. The molecule has 86 valence electrons. The first kappa shape index (κ1) is 14.2. The first-order valence-corrected chi connectivity index (χ1v) is 5.48. The third-order valence-corrected chi connectivity index (χ3v) is 2.06. The first-order chi connectivity index (χ1) is 6.99. The van der Waals surface area contributed by atoms with Crippen LogP contribution in [0.3, 0.4) is 0 Å². The molecule has 0 radical (unpaired) electrons. The highest BCUT2D eigenvalue weighted by Crippen LogP contribution is 1.98. The van der Waals surface area contributed by atoms with Gasteiger partial charge in [0.05, 0.1) is 12.6 Å². The molecule has 0 fully saturated rings. The Bertz CT molecular complexity index is 237. The number of halogens is 1. The zero-order valence-corrected chi connectivity index (χ0v) is 10.2. The maximum Gasteiger partial charge on any atom is 0.234 e. The number of carbonyl (C=O) groups is 1. The molecule has 4 nitrogen and oxygen atoms in total. The van der Waals surface area contributed by atoms with Crippen LogP contribution in [0.5, 0.6) is 0 Å². The fourth-order valence-corrected chi connectivity index (χ4v) is 1.34. The van der Waals surface area contributed by atoms with E-state index in [-0.39, 0.29) is 11.9 Å². The summed E-state index contributed by atoms with van der Waals surface area (Å²) in [6, 6.07) is 2.07. The van der Waals surface area contributed by atoms with Gasteiger partial charge in [-0.15, -0.1) is 11.6 Å². The minimum atomic E-state index is -0.559. The molecule has 0 rings (SSSR count). The molecule has 1 atom stereocenters. The summed E-state index contributed by atoms with van der Waals surface area (Å²) in [7, 11) is 0. The van der Waals surface area contributed by atoms with E-state index in [1.54, 1.807) is 0 Å². The van der Waals surface area contributed by atoms with E-state index >= 15 is 0 Å². The van der Waals surface area contributed by atoms with Crippen molar-refractivity contribution in [2.45, 2.75) is 32.2 Å². The fourth-order valence-electron chi connectivity index (χ4n) is 1.14. The SMILES string of the molecule is CCN(CC(=O)NC(C)C)CC(Cl)C#N. The monoisotopic (exact) mass is 231 g/mol. The van der Waals surface area contributed by atoms with Crippen LogP contribution in [-0.2, 0) is 4.79 Å². The number of rotatable bonds is 6. The van der Waals surface area contributed by atoms with Crippen LogP contribution in [0.1, 0.15) is 20.8 Å². The van der Waals surface area contributed by atoms with Crippen LogP contribution < -0.4 is 5.32 Å². The summed E-state index contributed by atoms with van der Waals surface area (Å²) in [4.78, 5) is 13.3. The number of hydrogen-bond donors (Lipinski definition) is 1. The van der Waals surface area contributed by atoms with Crippen molar-refractivity contribution < 1.29 is 4.79 Å². The molecular formula is C10H18ClN3O. The van der Waals surface area contributed by atoms with Crippen molar-refractivity contribution in [1.82, 2.24) is 10.2 Å². The minimum Gasteiger partial charge on any atom is -0.353 e. The Labute approximate surface area is 96.2 Å². The normalized spacial score (nSPS) is 12.6. The number of nitriles is 1. The van der Waals surface area contributed by atoms with Gasteiger partial charge in [-0.3, -0.25) is 9.69 Å². The zero-order chi connectivity index (χ0) is 11.8. The molecule has 0 saturated carbocycles. The average molecular weight is 232 g/mol. The molecular weight excluding hydrogens is 214 g/mol. The number of amides is 1. The van der Waals surface area contributed by atoms with Crippen LogP contribution in [0.15, 0.2) is 0 Å². The Morgan fingerprint density at radius 3 is 2.60 bits per heavy atom. The molecule has 0 aromatic heterocycles. The van der Waals surface area contributed by atoms with Crippen LogP contribution in [0.4, 0.5) is 0 Å². The lowest BCUT2D eigenvalue weighted by atomic mass is 10.3. The molecule has 1 amide bonds. The van der Waals surface area contributed by atoms with E-state index in [1.165, 1.54) is 0 Å². The Balaban J connectivity index is 3.99. The highest BCUT2D eigenvalue weighted by atomic mass is 35.5. The van der Waals surface area contributed by atoms with E-state index < -0.39 is 5.38 Å². The van der Waals surface area contributed by atoms with Crippen LogP contribution in [0.2, 0.25) is 0 Å². The van der Waals surface area contributed by atoms with Gasteiger partial charge in [0.15, 0.2) is 0 Å². The number of hydrogen-bond acceptors (Lipinski definition) is 3. The van der Waals surface area contributed by atoms with Crippen molar-refractivity contribution >= 4 is 17.5 Å². The quantitative estimate of drug-likeness (QED) is 0.693. The summed E-state index contributed by atoms with van der Waals surface area (Å²) in [5.41, 5.74) is 0. The summed E-state index contributed by atoms with van der Waals surface area (Å²) < 4.78 is 0. The van der Waals surface area contributed by atoms with Gasteiger partial charge in [-0.2, -0.15) is 5.26 Å². The second-order valence-corrected chi connectivity index (χ2v) is 4.17. The molecule has 0 aromatic rings. The van der Waals surface area contributed by atoms with Gasteiger partial charge in [-0.25, -0.2) is 0 Å². The third kappa shape index (κ3) is 7.18. The highest BCUT2D eigenvalue weighted by molar-refractivity contribution is 6.22. The molecule has 0 saturated heterocycles. The molecule has 0 bridgehead atoms. The molecule has 0 heterocycles. The summed E-state index contributed by atoms with van der Waals surface area (Å²) in [5, 5.41) is 10.8. The number of carbonyl (C=O) groups excluding carboxylic acids is 1. The standard InChI is InChI=1S/C10H18ClN3O/c1-4-14(6-9(11)5-12)7-10(15)13-8(2)3/h8-9H,4,6-7H2,1-3H3,(H,13,15). The predicted octanol–water partition coefficient (Wildman–Crippen LogP) is 0.964. The lowest BCUT2D eigenvalue weighted by molar-refractivity contribution is -0.122. The molecule has 0 spiro atoms. The van der Waals surface area contributed by atoms with Gasteiger partial charge in [0, 0.05) is 12.6 Å². The van der Waals surface area contributed by atoms with Gasteiger partial charge >= 0.3 is 0 Å². The Kier molecular flexibility index (Phi) is 7.10. The van der Waals surface area contributed by atoms with E-state index in [4.69, 9.17) is 16.9 Å². The fraction of sp³-hybridized carbons (Fsp3) is 0.800. The topological polar surface area (TPSA) is 56.1 Å². The highest BCUT2D eigenvalue weighted by Gasteiger charge is 2.13. The summed E-state index contributed by atoms with van der Waals surface area (Å²) in [5.74, 6) is -0.0337. The van der Waals surface area contributed by atoms with Gasteiger partial charge in [0.2, 0.25) is 5.91 Å². The molecule has 1 N–H and O–H groups in total. The van der Waals surface area contributed by atoms with E-state index in [0.29, 0.717) is 19.6 Å². The maximum atomic E-state index is 11.4. The van der Waals surface area contributed by atoms with Gasteiger partial charge in [-0.1, -0.05) is 6.92 Å².